The number of carbonyl (C=O) groups excluding carboxylic acids is 2. The van der Waals surface area contributed by atoms with Crippen molar-refractivity contribution in [1.29, 1.82) is 0 Å². The van der Waals surface area contributed by atoms with Gasteiger partial charge in [-0.25, -0.2) is 4.98 Å². The van der Waals surface area contributed by atoms with Crippen LogP contribution in [0.4, 0.5) is 5.95 Å². The lowest BCUT2D eigenvalue weighted by molar-refractivity contribution is -0.132. The summed E-state index contributed by atoms with van der Waals surface area (Å²) < 4.78 is 11.3. The van der Waals surface area contributed by atoms with Crippen LogP contribution in [0.5, 0.6) is 5.75 Å². The molecule has 0 saturated carbocycles. The number of benzene rings is 2. The maximum Gasteiger partial charge on any atom is 0.302 e. The number of furan rings is 1. The van der Waals surface area contributed by atoms with E-state index < -0.39 is 17.7 Å². The van der Waals surface area contributed by atoms with Crippen molar-refractivity contribution in [2.24, 2.45) is 0 Å². The number of ether oxygens (including phenoxy) is 1. The molecule has 1 atom stereocenters. The number of hydrogen-bond donors (Lipinski definition) is 2. The molecule has 0 aliphatic carbocycles. The van der Waals surface area contributed by atoms with Gasteiger partial charge in [0.1, 0.15) is 23.3 Å². The van der Waals surface area contributed by atoms with E-state index in [4.69, 9.17) is 9.15 Å². The highest BCUT2D eigenvalue weighted by atomic mass is 16.5. The Kier molecular flexibility index (Phi) is 4.77. The molecule has 2 aliphatic heterocycles. The Hall–Kier alpha value is -4.33. The van der Waals surface area contributed by atoms with Crippen LogP contribution < -0.4 is 9.64 Å². The van der Waals surface area contributed by atoms with E-state index in [0.717, 1.165) is 40.8 Å². The molecule has 4 aromatic rings. The molecular weight excluding hydrogens is 446 g/mol. The average Bonchev–Trinajstić information content (AvgIpc) is 3.58. The van der Waals surface area contributed by atoms with Gasteiger partial charge < -0.3 is 19.2 Å². The number of fused-ring (bicyclic) bond motifs is 2. The fourth-order valence-electron chi connectivity index (χ4n) is 4.80. The second kappa shape index (κ2) is 7.87. The molecule has 1 amide bonds. The van der Waals surface area contributed by atoms with E-state index in [1.807, 2.05) is 32.0 Å². The molecule has 4 heterocycles. The first-order valence-corrected chi connectivity index (χ1v) is 11.5. The molecule has 8 heteroatoms. The SMILES string of the molecule is Cc1cc2nc(N3C(=O)C(=O)/C(=C(/O)c4ccc5c(c4)CCCO5)C3c3ccco3)[nH]c2cc1C. The van der Waals surface area contributed by atoms with Crippen LogP contribution in [0.1, 0.15) is 40.5 Å². The Morgan fingerprint density at radius 1 is 1.14 bits per heavy atom. The van der Waals surface area contributed by atoms with E-state index in [0.29, 0.717) is 23.4 Å². The number of rotatable bonds is 3. The molecule has 2 N–H and O–H groups in total. The number of anilines is 1. The lowest BCUT2D eigenvalue weighted by Crippen LogP contribution is -2.30. The number of Topliss-reactive ketones (excluding diaryl/α,β-unsaturated/α-hetero) is 1. The third kappa shape index (κ3) is 3.32. The van der Waals surface area contributed by atoms with Gasteiger partial charge in [-0.2, -0.15) is 0 Å². The fraction of sp³-hybridized carbons (Fsp3) is 0.222. The minimum Gasteiger partial charge on any atom is -0.507 e. The number of ketones is 1. The summed E-state index contributed by atoms with van der Waals surface area (Å²) in [6.07, 6.45) is 3.15. The monoisotopic (exact) mass is 469 g/mol. The molecule has 2 aromatic carbocycles. The van der Waals surface area contributed by atoms with Crippen molar-refractivity contribution < 1.29 is 23.8 Å². The largest absolute Gasteiger partial charge is 0.507 e. The van der Waals surface area contributed by atoms with Gasteiger partial charge in [-0.1, -0.05) is 0 Å². The third-order valence-corrected chi connectivity index (χ3v) is 6.75. The Morgan fingerprint density at radius 3 is 2.77 bits per heavy atom. The zero-order valence-corrected chi connectivity index (χ0v) is 19.3. The highest BCUT2D eigenvalue weighted by Crippen LogP contribution is 2.42. The third-order valence-electron chi connectivity index (χ3n) is 6.75. The molecule has 6 rings (SSSR count). The second-order valence-electron chi connectivity index (χ2n) is 8.97. The van der Waals surface area contributed by atoms with E-state index in [-0.39, 0.29) is 17.3 Å². The summed E-state index contributed by atoms with van der Waals surface area (Å²) in [5.41, 5.74) is 4.92. The topological polar surface area (TPSA) is 109 Å². The number of aromatic amines is 1. The normalized spacial score (nSPS) is 19.3. The Labute approximate surface area is 200 Å². The summed E-state index contributed by atoms with van der Waals surface area (Å²) in [7, 11) is 0. The van der Waals surface area contributed by atoms with Crippen LogP contribution in [0.25, 0.3) is 16.8 Å². The van der Waals surface area contributed by atoms with Crippen molar-refractivity contribution in [1.82, 2.24) is 9.97 Å². The minimum absolute atomic E-state index is 0.0468. The second-order valence-corrected chi connectivity index (χ2v) is 8.97. The van der Waals surface area contributed by atoms with Crippen LogP contribution in [-0.2, 0) is 16.0 Å². The van der Waals surface area contributed by atoms with Gasteiger partial charge in [-0.3, -0.25) is 14.5 Å². The molecule has 2 aromatic heterocycles. The van der Waals surface area contributed by atoms with Gasteiger partial charge in [0.15, 0.2) is 0 Å². The number of aromatic nitrogens is 2. The zero-order chi connectivity index (χ0) is 24.3. The number of aliphatic hydroxyl groups is 1. The molecule has 0 bridgehead atoms. The average molecular weight is 469 g/mol. The van der Waals surface area contributed by atoms with E-state index in [9.17, 15) is 14.7 Å². The molecule has 35 heavy (non-hydrogen) atoms. The van der Waals surface area contributed by atoms with Crippen LogP contribution >= 0.6 is 0 Å². The standard InChI is InChI=1S/C27H23N3O5/c1-14-11-18-19(12-15(14)2)29-27(28-18)30-23(21-6-4-10-35-21)22(25(32)26(30)33)24(31)17-7-8-20-16(13-17)5-3-9-34-20/h4,6-8,10-13,23,31H,3,5,9H2,1-2H3,(H,28,29)/b24-22+. The van der Waals surface area contributed by atoms with Crippen molar-refractivity contribution in [2.75, 3.05) is 11.5 Å². The maximum atomic E-state index is 13.3. The zero-order valence-electron chi connectivity index (χ0n) is 19.3. The molecular formula is C27H23N3O5. The summed E-state index contributed by atoms with van der Waals surface area (Å²) in [5, 5.41) is 11.3. The fourth-order valence-corrected chi connectivity index (χ4v) is 4.80. The summed E-state index contributed by atoms with van der Waals surface area (Å²) in [6.45, 7) is 4.63. The van der Waals surface area contributed by atoms with E-state index >= 15 is 0 Å². The van der Waals surface area contributed by atoms with Crippen LogP contribution in [0.15, 0.2) is 58.7 Å². The van der Waals surface area contributed by atoms with Crippen molar-refractivity contribution in [3.05, 3.63) is 82.3 Å². The van der Waals surface area contributed by atoms with E-state index in [1.54, 1.807) is 24.3 Å². The lowest BCUT2D eigenvalue weighted by atomic mass is 9.96. The number of aryl methyl sites for hydroxylation is 3. The van der Waals surface area contributed by atoms with Crippen LogP contribution in [0.3, 0.4) is 0 Å². The van der Waals surface area contributed by atoms with Crippen molar-refractivity contribution in [3.8, 4) is 5.75 Å². The number of aliphatic hydroxyl groups excluding tert-OH is 1. The van der Waals surface area contributed by atoms with Gasteiger partial charge in [0.2, 0.25) is 5.95 Å². The summed E-state index contributed by atoms with van der Waals surface area (Å²) in [5.74, 6) is -0.522. The molecule has 2 aliphatic rings. The van der Waals surface area contributed by atoms with Crippen LogP contribution in [0.2, 0.25) is 0 Å². The Morgan fingerprint density at radius 2 is 1.97 bits per heavy atom. The Balaban J connectivity index is 1.52. The first-order valence-electron chi connectivity index (χ1n) is 11.5. The predicted molar refractivity (Wildman–Crippen MR) is 129 cm³/mol. The van der Waals surface area contributed by atoms with Crippen LogP contribution in [0, 0.1) is 13.8 Å². The summed E-state index contributed by atoms with van der Waals surface area (Å²) in [6, 6.07) is 11.5. The molecule has 1 unspecified atom stereocenters. The number of nitrogens with zero attached hydrogens (tertiary/aromatic N) is 2. The number of imidazole rings is 1. The summed E-state index contributed by atoms with van der Waals surface area (Å²) in [4.78, 5) is 35.6. The Bertz CT molecular complexity index is 1490. The van der Waals surface area contributed by atoms with Gasteiger partial charge in [0.25, 0.3) is 5.78 Å². The number of carbonyl (C=O) groups is 2. The van der Waals surface area contributed by atoms with Gasteiger partial charge >= 0.3 is 5.91 Å². The van der Waals surface area contributed by atoms with Crippen molar-refractivity contribution in [2.45, 2.75) is 32.7 Å². The van der Waals surface area contributed by atoms with Gasteiger partial charge in [-0.05, 0) is 85.8 Å². The van der Waals surface area contributed by atoms with E-state index in [1.165, 1.54) is 11.2 Å². The first-order chi connectivity index (χ1) is 16.9. The smallest absolute Gasteiger partial charge is 0.302 e. The maximum absolute atomic E-state index is 13.3. The number of hydrogen-bond acceptors (Lipinski definition) is 6. The number of H-pyrrole nitrogens is 1. The highest BCUT2D eigenvalue weighted by molar-refractivity contribution is 6.51. The molecule has 1 saturated heterocycles. The molecule has 1 fully saturated rings. The molecule has 0 spiro atoms. The highest BCUT2D eigenvalue weighted by Gasteiger charge is 2.49. The number of nitrogens with one attached hydrogen (secondary N) is 1. The van der Waals surface area contributed by atoms with Crippen molar-refractivity contribution in [3.63, 3.8) is 0 Å². The molecule has 176 valence electrons. The van der Waals surface area contributed by atoms with Gasteiger partial charge in [0, 0.05) is 5.56 Å². The summed E-state index contributed by atoms with van der Waals surface area (Å²) >= 11 is 0. The van der Waals surface area contributed by atoms with Crippen molar-refractivity contribution >= 4 is 34.4 Å². The molecule has 8 nitrogen and oxygen atoms in total. The van der Waals surface area contributed by atoms with E-state index in [2.05, 4.69) is 9.97 Å². The lowest BCUT2D eigenvalue weighted by Gasteiger charge is -2.21. The quantitative estimate of drug-likeness (QED) is 0.255. The van der Waals surface area contributed by atoms with Gasteiger partial charge in [0.05, 0.1) is 29.5 Å². The van der Waals surface area contributed by atoms with Crippen LogP contribution in [-0.4, -0.2) is 33.4 Å². The minimum atomic E-state index is -0.972. The number of amides is 1. The molecule has 0 radical (unpaired) electrons. The predicted octanol–water partition coefficient (Wildman–Crippen LogP) is 4.72. The first kappa shape index (κ1) is 21.2. The van der Waals surface area contributed by atoms with Gasteiger partial charge in [-0.15, -0.1) is 0 Å².